The summed E-state index contributed by atoms with van der Waals surface area (Å²) >= 11 is 57.3. The second kappa shape index (κ2) is 53.9. The number of aliphatic hydroxyl groups is 1. The summed E-state index contributed by atoms with van der Waals surface area (Å²) in [7, 11) is 3.03. The Morgan fingerprint density at radius 1 is 0.546 bits per heavy atom. The van der Waals surface area contributed by atoms with Crippen LogP contribution in [-0.4, -0.2) is 225 Å². The number of Topliss-reactive ketones (excluding diaryl/α,β-unsaturated/α-hetero) is 2. The molecule has 0 atom stereocenters. The van der Waals surface area contributed by atoms with Crippen LogP contribution in [0.4, 0.5) is 0 Å². The number of hydrogen-bond donors (Lipinski definition) is 3. The molecule has 12 rings (SSSR count). The van der Waals surface area contributed by atoms with Gasteiger partial charge < -0.3 is 67.9 Å². The number of fused-ring (bicyclic) bond motifs is 6. The van der Waals surface area contributed by atoms with Crippen LogP contribution >= 0.6 is 126 Å². The van der Waals surface area contributed by atoms with Crippen molar-refractivity contribution < 1.29 is 123 Å². The Morgan fingerprint density at radius 3 is 1.34 bits per heavy atom. The van der Waals surface area contributed by atoms with Gasteiger partial charge in [-0.2, -0.15) is 14.8 Å². The summed E-state index contributed by atoms with van der Waals surface area (Å²) in [4.78, 5) is 138. The van der Waals surface area contributed by atoms with Gasteiger partial charge in [-0.15, -0.1) is 0 Å². The molecule has 45 heteroatoms. The smallest absolute Gasteiger partial charge is 0.356 e. The minimum atomic E-state index is -1.27. The van der Waals surface area contributed by atoms with Crippen LogP contribution in [0.5, 0.6) is 0 Å². The summed E-state index contributed by atoms with van der Waals surface area (Å²) < 4.78 is 49.5. The molecule has 32 nitrogen and oxygen atoms in total. The van der Waals surface area contributed by atoms with E-state index in [0.717, 1.165) is 19.0 Å². The van der Waals surface area contributed by atoms with E-state index in [-0.39, 0.29) is 156 Å². The van der Waals surface area contributed by atoms with Crippen molar-refractivity contribution in [3.05, 3.63) is 201 Å². The zero-order chi connectivity index (χ0) is 88.1. The Kier molecular flexibility index (Phi) is 47.8. The van der Waals surface area contributed by atoms with E-state index in [1.165, 1.54) is 68.4 Å². The molecular weight excluding hydrogens is 2010 g/mol. The molecule has 0 saturated heterocycles. The van der Waals surface area contributed by atoms with Crippen LogP contribution in [0, 0.1) is 31.1 Å². The quantitative estimate of drug-likeness (QED) is 0.00733. The fourth-order valence-electron chi connectivity index (χ4n) is 9.77. The number of nitrogens with zero attached hydrogens (tertiary/aromatic N) is 12. The summed E-state index contributed by atoms with van der Waals surface area (Å²) in [6.45, 7) is 14.9. The average Bonchev–Trinajstić information content (AvgIpc) is 0.758. The van der Waals surface area contributed by atoms with Gasteiger partial charge >= 0.3 is 29.8 Å². The molecule has 8 aromatic rings. The molecular formula is C74H79BCl10N12O20SU. The number of halogens is 10. The largest absolute Gasteiger partial charge is 0.505 e. The average molecular weight is 2090 g/mol. The second-order valence-corrected chi connectivity index (χ2v) is 32.0. The summed E-state index contributed by atoms with van der Waals surface area (Å²) in [5.41, 5.74) is 10.9. The Hall–Kier alpha value is -7.72. The van der Waals surface area contributed by atoms with E-state index >= 15 is 0 Å². The van der Waals surface area contributed by atoms with E-state index in [0.29, 0.717) is 116 Å². The number of carbonyl (C=O) groups is 7. The van der Waals surface area contributed by atoms with Crippen LogP contribution in [0.3, 0.4) is 0 Å². The van der Waals surface area contributed by atoms with Crippen LogP contribution in [0.25, 0.3) is 33.4 Å². The molecule has 3 N–H and O–H groups in total. The van der Waals surface area contributed by atoms with Crippen molar-refractivity contribution in [3.63, 3.8) is 0 Å². The first kappa shape index (κ1) is 105. The van der Waals surface area contributed by atoms with Crippen molar-refractivity contribution in [2.24, 2.45) is 9.98 Å². The number of esters is 3. The standard InChI is InChI=1S/C14H14Cl2N2O4.C14H13ClN2O4.C12H9ClN2O4.C10H9Cl2NO3.C7H5Cl2NO.C6H3Cl2NO2.C6H11NO2.C4H10N2S.CH4.BH.U/c1-2-22-14(20)11(10-7-21-4-3-17-10)13(19)12-9(16)5-8(15)6-18-12;1-2-21-14(19)11-10-7-20-4-3-17(10)9-5-8(15)6-16-12(9)13(11)18;13-6-3-7-10(14-4-6)11(16)9(12(17)18)8-5-19-2-1-15(7)8;1-2-16-9(15)4-8(14)10-7(12)3-6(11)5-13-10;1-4(11)7-6(9)2-5(8)3-10-7;7-3-1-4(8)5(6(10)11)9-2-3;1-2-9-6-5-8-4-3-7-6;1-7(2,3)4-6-5;;;/h5-6,19H,2-4,7H2,1H3;5-6H,2-4,7H2,1H3;3-4H,1-2,5H2,(H,17,18);3,5H,2,4H2,1H3;2-3H,1H3;1-2H,(H,10,11);2-5H2,1H3;4H,1-3H3;1H4;1H;/i;;;;;;;;;1D;. The van der Waals surface area contributed by atoms with Gasteiger partial charge in [-0.05, 0) is 84.2 Å². The maximum Gasteiger partial charge on any atom is 0.356 e. The number of carbonyl (C=O) groups excluding carboxylic acids is 5. The number of rotatable bonds is 15. The van der Waals surface area contributed by atoms with Crippen molar-refractivity contribution in [1.82, 2.24) is 39.0 Å². The van der Waals surface area contributed by atoms with Crippen LogP contribution in [0.2, 0.25) is 50.2 Å². The van der Waals surface area contributed by atoms with Gasteiger partial charge in [0.25, 0.3) is 5.55 Å². The fourth-order valence-corrected chi connectivity index (χ4v) is 12.3. The van der Waals surface area contributed by atoms with Crippen LogP contribution in [-0.2, 0) is 73.8 Å². The number of aromatic carboxylic acids is 2. The van der Waals surface area contributed by atoms with Gasteiger partial charge in [0.15, 0.2) is 23.0 Å². The summed E-state index contributed by atoms with van der Waals surface area (Å²) in [6.07, 6.45) is 13.7. The van der Waals surface area contributed by atoms with Gasteiger partial charge in [0.05, 0.1) is 164 Å². The molecule has 0 aromatic carbocycles. The molecule has 638 valence electrons. The summed E-state index contributed by atoms with van der Waals surface area (Å²) in [5.74, 6) is -4.70. The molecule has 0 unspecified atom stereocenters. The summed E-state index contributed by atoms with van der Waals surface area (Å²) in [6, 6.07) is 8.94. The molecule has 4 aliphatic heterocycles. The number of pyridine rings is 8. The van der Waals surface area contributed by atoms with Crippen molar-refractivity contribution in [2.75, 3.05) is 97.9 Å². The summed E-state index contributed by atoms with van der Waals surface area (Å²) in [5, 5.41) is 31.0. The molecule has 0 bridgehead atoms. The predicted molar refractivity (Wildman–Crippen MR) is 457 cm³/mol. The number of ketones is 2. The molecule has 119 heavy (non-hydrogen) atoms. The van der Waals surface area contributed by atoms with Crippen molar-refractivity contribution >= 4 is 221 Å². The van der Waals surface area contributed by atoms with E-state index in [2.05, 4.69) is 57.8 Å². The SMILES string of the molecule is C.CC(=O)c1ncc(Cl)cc1Cl.CCOC(=O)C(C1=NCCOC1)=C(O)c1ncc(Cl)cc1Cl.CCOC(=O)CC(=O)c1ncc(Cl)cc1Cl.CCOC(=O)c1c2n(c3cc(Cl)cnc3c1=O)CCOC2.CCOC1=NCCOC1.CS(C)(C)C=[N+]=[N-].O=C(O)c1c2n(c3cc(Cl)cnc3c1=O)CCOC2.O=C(O)c1ncc(Cl)cc1Cl.[2H][B].[U]. The minimum absolute atomic E-state index is 0. The predicted octanol–water partition coefficient (Wildman–Crippen LogP) is 14.3. The van der Waals surface area contributed by atoms with Gasteiger partial charge in [-0.1, -0.05) is 123 Å². The molecule has 0 aliphatic carbocycles. The monoisotopic (exact) mass is 2090 g/mol. The van der Waals surface area contributed by atoms with Gasteiger partial charge in [-0.25, -0.2) is 44.1 Å². The van der Waals surface area contributed by atoms with Crippen molar-refractivity contribution in [2.45, 2.75) is 74.8 Å². The van der Waals surface area contributed by atoms with Crippen LogP contribution in [0.15, 0.2) is 98.7 Å². The van der Waals surface area contributed by atoms with Gasteiger partial charge in [-0.3, -0.25) is 38.9 Å². The van der Waals surface area contributed by atoms with Gasteiger partial charge in [0, 0.05) is 96.7 Å². The van der Waals surface area contributed by atoms with Crippen LogP contribution < -0.4 is 10.9 Å². The van der Waals surface area contributed by atoms with E-state index in [1.54, 1.807) is 43.0 Å². The Labute approximate surface area is 760 Å². The number of ether oxygens (including phenoxy) is 8. The third-order valence-corrected chi connectivity index (χ3v) is 17.6. The number of carboxylic acids is 2. The first-order chi connectivity index (χ1) is 56.0. The molecule has 12 heterocycles. The minimum Gasteiger partial charge on any atom is -0.505 e. The second-order valence-electron chi connectivity index (χ2n) is 23.7. The first-order valence-electron chi connectivity index (χ1n) is 34.6. The number of aromatic nitrogens is 8. The maximum atomic E-state index is 12.6. The van der Waals surface area contributed by atoms with E-state index in [4.69, 9.17) is 161 Å². The van der Waals surface area contributed by atoms with Gasteiger partial charge in [0.1, 0.15) is 57.8 Å². The fraction of sp³-hybridized carbons (Fsp3) is 0.351. The zero-order valence-electron chi connectivity index (χ0n) is 64.9. The number of aliphatic imine (C=N–C) groups is 2. The van der Waals surface area contributed by atoms with Crippen LogP contribution in [0.1, 0.15) is 118 Å². The maximum absolute atomic E-state index is 12.6. The normalized spacial score (nSPS) is 13.0. The van der Waals surface area contributed by atoms with Crippen molar-refractivity contribution in [1.29, 1.82) is 1.34 Å². The molecule has 0 spiro atoms. The Balaban J connectivity index is 0.000000473. The molecule has 2 radical (unpaired) electrons. The zero-order valence-corrected chi connectivity index (χ0v) is 76.5. The number of carboxylic acid groups (broad SMARTS) is 2. The van der Waals surface area contributed by atoms with E-state index in [9.17, 15) is 53.4 Å². The topological polar surface area (TPSA) is 436 Å². The molecule has 0 amide bonds. The Bertz CT molecular complexity index is 5160. The van der Waals surface area contributed by atoms with Crippen molar-refractivity contribution in [3.8, 4) is 0 Å². The number of aliphatic hydroxyl groups excluding tert-OH is 1. The Morgan fingerprint density at radius 2 is 0.958 bits per heavy atom. The van der Waals surface area contributed by atoms with E-state index < -0.39 is 62.3 Å². The number of hydrogen-bond acceptors (Lipinski definition) is 26. The molecule has 0 saturated carbocycles. The molecule has 4 aliphatic rings. The third-order valence-electron chi connectivity index (χ3n) is 14.5. The first-order valence-corrected chi connectivity index (χ1v) is 40.7. The molecule has 0 fully saturated rings. The third kappa shape index (κ3) is 33.6. The van der Waals surface area contributed by atoms with E-state index in [1.807, 2.05) is 30.3 Å². The van der Waals surface area contributed by atoms with Gasteiger partial charge in [0.2, 0.25) is 16.8 Å². The molecule has 8 aromatic heterocycles.